The lowest BCUT2D eigenvalue weighted by molar-refractivity contribution is -0.169. The van der Waals surface area contributed by atoms with Crippen LogP contribution in [-0.2, 0) is 9.47 Å². The van der Waals surface area contributed by atoms with Crippen LogP contribution >= 0.6 is 0 Å². The van der Waals surface area contributed by atoms with E-state index in [4.69, 9.17) is 9.47 Å². The molecule has 0 bridgehead atoms. The van der Waals surface area contributed by atoms with Gasteiger partial charge in [0.15, 0.2) is 5.79 Å². The number of ether oxygens (including phenoxy) is 2. The molecule has 0 atom stereocenters. The molecule has 2 aliphatic rings. The van der Waals surface area contributed by atoms with Crippen LogP contribution < -0.4 is 10.5 Å². The molecule has 2 aromatic rings. The van der Waals surface area contributed by atoms with Crippen LogP contribution in [0.4, 0.5) is 5.69 Å². The van der Waals surface area contributed by atoms with Crippen LogP contribution in [0.5, 0.6) is 0 Å². The zero-order valence-electron chi connectivity index (χ0n) is 14.3. The minimum absolute atomic E-state index is 0.114. The molecule has 0 unspecified atom stereocenters. The largest absolute Gasteiger partial charge is 0.371 e. The highest BCUT2D eigenvalue weighted by Crippen LogP contribution is 2.33. The first-order valence-electron chi connectivity index (χ1n) is 8.65. The maximum Gasteiger partial charge on any atom is 0.264 e. The molecule has 6 heteroatoms. The van der Waals surface area contributed by atoms with Crippen molar-refractivity contribution >= 4 is 5.69 Å². The predicted octanol–water partition coefficient (Wildman–Crippen LogP) is 2.74. The highest BCUT2D eigenvalue weighted by molar-refractivity contribution is 5.62. The van der Waals surface area contributed by atoms with E-state index in [0.717, 1.165) is 37.2 Å². The molecule has 1 spiro atoms. The number of benzene rings is 1. The fourth-order valence-electron chi connectivity index (χ4n) is 3.23. The molecule has 0 aliphatic carbocycles. The molecule has 0 saturated carbocycles. The minimum atomic E-state index is -0.332. The average Bonchev–Trinajstić information content (AvgIpc) is 3.27. The van der Waals surface area contributed by atoms with Crippen LogP contribution in [0.15, 0.2) is 35.1 Å². The Bertz CT molecular complexity index is 689. The van der Waals surface area contributed by atoms with Gasteiger partial charge in [-0.3, -0.25) is 15.0 Å². The smallest absolute Gasteiger partial charge is 0.264 e. The van der Waals surface area contributed by atoms with Gasteiger partial charge in [-0.15, -0.1) is 0 Å². The fraction of sp³-hybridized carbons (Fsp3) is 0.500. The molecule has 0 amide bonds. The van der Waals surface area contributed by atoms with Gasteiger partial charge in [-0.1, -0.05) is 26.0 Å². The molecule has 1 aromatic heterocycles. The first kappa shape index (κ1) is 16.8. The lowest BCUT2D eigenvalue weighted by atomic mass is 10.0. The van der Waals surface area contributed by atoms with E-state index in [-0.39, 0.29) is 11.3 Å². The average molecular weight is 331 g/mol. The van der Waals surface area contributed by atoms with Crippen LogP contribution in [0, 0.1) is 0 Å². The maximum atomic E-state index is 11.2. The molecule has 6 nitrogen and oxygen atoms in total. The summed E-state index contributed by atoms with van der Waals surface area (Å²) >= 11 is 0. The van der Waals surface area contributed by atoms with Crippen molar-refractivity contribution in [3.8, 4) is 11.3 Å². The standard InChI is InChI=1S/C16H19N3O3.C2H6/c20-15-11-14(17-18-15)12-1-3-13(4-2-12)19-7-5-16(6-8-19)21-9-10-22-16;1-2/h1-4,11H,5-10H2,(H2,17,18,20);1-2H3. The highest BCUT2D eigenvalue weighted by atomic mass is 16.7. The lowest BCUT2D eigenvalue weighted by Gasteiger charge is -2.38. The Hall–Kier alpha value is -2.05. The molecule has 0 radical (unpaired) electrons. The molecule has 2 saturated heterocycles. The van der Waals surface area contributed by atoms with Gasteiger partial charge in [0.05, 0.1) is 18.9 Å². The normalized spacial score (nSPS) is 19.2. The van der Waals surface area contributed by atoms with Crippen LogP contribution in [-0.4, -0.2) is 42.3 Å². The van der Waals surface area contributed by atoms with Crippen molar-refractivity contribution in [3.63, 3.8) is 0 Å². The number of H-pyrrole nitrogens is 2. The summed E-state index contributed by atoms with van der Waals surface area (Å²) in [5.74, 6) is -0.332. The number of piperidine rings is 1. The third-order valence-electron chi connectivity index (χ3n) is 4.48. The Morgan fingerprint density at radius 2 is 1.62 bits per heavy atom. The molecule has 24 heavy (non-hydrogen) atoms. The third-order valence-corrected chi connectivity index (χ3v) is 4.48. The first-order valence-corrected chi connectivity index (χ1v) is 8.65. The number of aromatic nitrogens is 2. The van der Waals surface area contributed by atoms with E-state index < -0.39 is 0 Å². The number of hydrogen-bond donors (Lipinski definition) is 2. The van der Waals surface area contributed by atoms with E-state index in [1.54, 1.807) is 6.07 Å². The Labute approximate surface area is 141 Å². The quantitative estimate of drug-likeness (QED) is 0.888. The number of anilines is 1. The van der Waals surface area contributed by atoms with Crippen LogP contribution in [0.3, 0.4) is 0 Å². The number of nitrogens with zero attached hydrogens (tertiary/aromatic N) is 1. The van der Waals surface area contributed by atoms with E-state index >= 15 is 0 Å². The van der Waals surface area contributed by atoms with E-state index in [1.807, 2.05) is 26.0 Å². The van der Waals surface area contributed by atoms with Gasteiger partial charge in [-0.2, -0.15) is 0 Å². The van der Waals surface area contributed by atoms with E-state index in [0.29, 0.717) is 13.2 Å². The Morgan fingerprint density at radius 1 is 1.00 bits per heavy atom. The summed E-state index contributed by atoms with van der Waals surface area (Å²) in [5, 5.41) is 5.42. The molecular weight excluding hydrogens is 306 g/mol. The third kappa shape index (κ3) is 3.39. The second kappa shape index (κ2) is 7.23. The van der Waals surface area contributed by atoms with Gasteiger partial charge in [0, 0.05) is 37.7 Å². The monoisotopic (exact) mass is 331 g/mol. The van der Waals surface area contributed by atoms with E-state index in [1.165, 1.54) is 5.69 Å². The fourth-order valence-corrected chi connectivity index (χ4v) is 3.23. The van der Waals surface area contributed by atoms with Crippen molar-refractivity contribution < 1.29 is 9.47 Å². The second-order valence-corrected chi connectivity index (χ2v) is 5.81. The van der Waals surface area contributed by atoms with Gasteiger partial charge in [0.25, 0.3) is 5.56 Å². The summed E-state index contributed by atoms with van der Waals surface area (Å²) in [6, 6.07) is 9.81. The minimum Gasteiger partial charge on any atom is -0.371 e. The molecule has 2 N–H and O–H groups in total. The Kier molecular flexibility index (Phi) is 5.06. The van der Waals surface area contributed by atoms with Gasteiger partial charge in [0.2, 0.25) is 0 Å². The number of rotatable bonds is 2. The molecule has 1 aromatic carbocycles. The molecule has 130 valence electrons. The summed E-state index contributed by atoms with van der Waals surface area (Å²) in [5.41, 5.74) is 2.88. The van der Waals surface area contributed by atoms with Crippen LogP contribution in [0.25, 0.3) is 11.3 Å². The van der Waals surface area contributed by atoms with Crippen LogP contribution in [0.2, 0.25) is 0 Å². The zero-order chi connectivity index (χ0) is 17.0. The topological polar surface area (TPSA) is 70.3 Å². The van der Waals surface area contributed by atoms with Crippen molar-refractivity contribution in [2.75, 3.05) is 31.2 Å². The molecule has 2 aliphatic heterocycles. The first-order chi connectivity index (χ1) is 11.7. The molecular formula is C18H25N3O3. The molecule has 2 fully saturated rings. The summed E-state index contributed by atoms with van der Waals surface area (Å²) in [6.07, 6.45) is 1.81. The maximum absolute atomic E-state index is 11.2. The summed E-state index contributed by atoms with van der Waals surface area (Å²) in [6.45, 7) is 7.29. The number of hydrogen-bond acceptors (Lipinski definition) is 4. The Balaban J connectivity index is 0.000000815. The van der Waals surface area contributed by atoms with Crippen molar-refractivity contribution in [2.24, 2.45) is 0 Å². The molecule has 3 heterocycles. The Morgan fingerprint density at radius 3 is 2.17 bits per heavy atom. The SMILES string of the molecule is CC.O=c1cc(-c2ccc(N3CCC4(CC3)OCCO4)cc2)[nH][nH]1. The molecule has 4 rings (SSSR count). The highest BCUT2D eigenvalue weighted by Gasteiger charge is 2.39. The van der Waals surface area contributed by atoms with Gasteiger partial charge < -0.3 is 14.4 Å². The van der Waals surface area contributed by atoms with Crippen LogP contribution in [0.1, 0.15) is 26.7 Å². The van der Waals surface area contributed by atoms with Crippen molar-refractivity contribution in [3.05, 3.63) is 40.7 Å². The van der Waals surface area contributed by atoms with Crippen molar-refractivity contribution in [1.29, 1.82) is 0 Å². The number of nitrogens with one attached hydrogen (secondary N) is 2. The van der Waals surface area contributed by atoms with Gasteiger partial charge in [0.1, 0.15) is 0 Å². The van der Waals surface area contributed by atoms with Gasteiger partial charge >= 0.3 is 0 Å². The van der Waals surface area contributed by atoms with E-state index in [9.17, 15) is 4.79 Å². The number of aromatic amines is 2. The van der Waals surface area contributed by atoms with Gasteiger partial charge in [-0.25, -0.2) is 0 Å². The summed E-state index contributed by atoms with van der Waals surface area (Å²) in [7, 11) is 0. The van der Waals surface area contributed by atoms with Gasteiger partial charge in [-0.05, 0) is 17.7 Å². The van der Waals surface area contributed by atoms with E-state index in [2.05, 4.69) is 27.2 Å². The second-order valence-electron chi connectivity index (χ2n) is 5.81. The zero-order valence-corrected chi connectivity index (χ0v) is 14.3. The predicted molar refractivity (Wildman–Crippen MR) is 94.3 cm³/mol. The summed E-state index contributed by atoms with van der Waals surface area (Å²) in [4.78, 5) is 13.5. The lowest BCUT2D eigenvalue weighted by Crippen LogP contribution is -2.45. The summed E-state index contributed by atoms with van der Waals surface area (Å²) < 4.78 is 11.5. The van der Waals surface area contributed by atoms with Crippen molar-refractivity contribution in [1.82, 2.24) is 10.2 Å². The van der Waals surface area contributed by atoms with Crippen molar-refractivity contribution in [2.45, 2.75) is 32.5 Å².